The zero-order chi connectivity index (χ0) is 13.4. The zero-order valence-electron chi connectivity index (χ0n) is 10.0. The van der Waals surface area contributed by atoms with Crippen LogP contribution in [0.15, 0.2) is 49.2 Å². The molecule has 5 nitrogen and oxygen atoms in total. The Morgan fingerprint density at radius 3 is 2.50 bits per heavy atom. The third-order valence-electron chi connectivity index (χ3n) is 1.80. The van der Waals surface area contributed by atoms with Gasteiger partial charge in [0.25, 0.3) is 0 Å². The van der Waals surface area contributed by atoms with Gasteiger partial charge in [0, 0.05) is 12.7 Å². The van der Waals surface area contributed by atoms with E-state index < -0.39 is 0 Å². The summed E-state index contributed by atoms with van der Waals surface area (Å²) in [5.74, 6) is 0.740. The van der Waals surface area contributed by atoms with Gasteiger partial charge in [-0.05, 0) is 23.8 Å². The molecule has 1 aromatic rings. The van der Waals surface area contributed by atoms with Crippen LogP contribution in [0.3, 0.4) is 0 Å². The highest BCUT2D eigenvalue weighted by atomic mass is 35.5. The summed E-state index contributed by atoms with van der Waals surface area (Å²) in [4.78, 5) is 12.0. The third kappa shape index (κ3) is 4.39. The van der Waals surface area contributed by atoms with E-state index in [0.29, 0.717) is 11.9 Å². The van der Waals surface area contributed by atoms with Crippen molar-refractivity contribution < 1.29 is 0 Å². The molecule has 0 amide bonds. The molecule has 0 bridgehead atoms. The van der Waals surface area contributed by atoms with Gasteiger partial charge in [-0.3, -0.25) is 0 Å². The van der Waals surface area contributed by atoms with Crippen LogP contribution in [0.2, 0.25) is 5.28 Å². The van der Waals surface area contributed by atoms with E-state index in [-0.39, 0.29) is 5.28 Å². The lowest BCUT2D eigenvalue weighted by Gasteiger charge is -2.06. The van der Waals surface area contributed by atoms with Crippen LogP contribution in [0.25, 0.3) is 0 Å². The Morgan fingerprint density at radius 2 is 1.89 bits per heavy atom. The molecule has 0 atom stereocenters. The van der Waals surface area contributed by atoms with Crippen molar-refractivity contribution in [3.05, 3.63) is 54.5 Å². The van der Waals surface area contributed by atoms with E-state index in [4.69, 9.17) is 11.6 Å². The molecule has 6 heteroatoms. The smallest absolute Gasteiger partial charge is 0.233 e. The second-order valence-electron chi connectivity index (χ2n) is 3.08. The van der Waals surface area contributed by atoms with Gasteiger partial charge in [-0.25, -0.2) is 0 Å². The number of hydrogen-bond donors (Lipinski definition) is 2. The van der Waals surface area contributed by atoms with Crippen molar-refractivity contribution in [3.63, 3.8) is 0 Å². The fourth-order valence-electron chi connectivity index (χ4n) is 1.08. The van der Waals surface area contributed by atoms with Gasteiger partial charge >= 0.3 is 0 Å². The van der Waals surface area contributed by atoms with Crippen LogP contribution in [0.4, 0.5) is 11.9 Å². The number of halogens is 1. The van der Waals surface area contributed by atoms with Crippen LogP contribution < -0.4 is 10.6 Å². The Labute approximate surface area is 111 Å². The number of nitrogens with zero attached hydrogens (tertiary/aromatic N) is 3. The molecule has 0 unspecified atom stereocenters. The molecule has 0 fully saturated rings. The first-order chi connectivity index (χ1) is 8.69. The predicted octanol–water partition coefficient (Wildman–Crippen LogP) is 2.79. The number of rotatable bonds is 6. The van der Waals surface area contributed by atoms with Crippen molar-refractivity contribution in [2.45, 2.75) is 0 Å². The van der Waals surface area contributed by atoms with Gasteiger partial charge in [0.15, 0.2) is 0 Å². The number of anilines is 2. The zero-order valence-corrected chi connectivity index (χ0v) is 10.8. The van der Waals surface area contributed by atoms with E-state index in [0.717, 1.165) is 5.70 Å². The maximum Gasteiger partial charge on any atom is 0.233 e. The first-order valence-corrected chi connectivity index (χ1v) is 5.55. The maximum absolute atomic E-state index is 5.78. The van der Waals surface area contributed by atoms with E-state index >= 15 is 0 Å². The number of aromatic nitrogens is 3. The van der Waals surface area contributed by atoms with Crippen molar-refractivity contribution in [2.24, 2.45) is 0 Å². The minimum atomic E-state index is 0.113. The summed E-state index contributed by atoms with van der Waals surface area (Å²) in [7, 11) is 1.70. The predicted molar refractivity (Wildman–Crippen MR) is 75.6 cm³/mol. The number of hydrogen-bond acceptors (Lipinski definition) is 5. The Hall–Kier alpha value is -2.14. The van der Waals surface area contributed by atoms with Gasteiger partial charge in [-0.1, -0.05) is 31.4 Å². The highest BCUT2D eigenvalue weighted by Crippen LogP contribution is 2.11. The SMILES string of the molecule is C=C/C=C\C(=C/C=C)Nc1nc(Cl)nc(NC)n1. The number of nitrogens with one attached hydrogen (secondary N) is 2. The average molecular weight is 264 g/mol. The molecule has 0 aliphatic rings. The molecule has 1 heterocycles. The summed E-state index contributed by atoms with van der Waals surface area (Å²) in [5, 5.41) is 5.91. The molecule has 2 N–H and O–H groups in total. The molecule has 0 aliphatic carbocycles. The molecule has 1 rings (SSSR count). The minimum absolute atomic E-state index is 0.113. The van der Waals surface area contributed by atoms with Crippen molar-refractivity contribution >= 4 is 23.5 Å². The van der Waals surface area contributed by atoms with Gasteiger partial charge in [0.1, 0.15) is 0 Å². The van der Waals surface area contributed by atoms with Crippen LogP contribution in [0, 0.1) is 0 Å². The Morgan fingerprint density at radius 1 is 1.17 bits per heavy atom. The van der Waals surface area contributed by atoms with Crippen molar-refractivity contribution in [1.29, 1.82) is 0 Å². The molecule has 0 saturated carbocycles. The highest BCUT2D eigenvalue weighted by Gasteiger charge is 2.03. The Balaban J connectivity index is 2.96. The van der Waals surface area contributed by atoms with Crippen LogP contribution >= 0.6 is 11.6 Å². The first kappa shape index (κ1) is 13.9. The second kappa shape index (κ2) is 7.24. The summed E-state index contributed by atoms with van der Waals surface area (Å²) in [5.41, 5.74) is 0.759. The lowest BCUT2D eigenvalue weighted by atomic mass is 10.3. The molecule has 0 spiro atoms. The van der Waals surface area contributed by atoms with Crippen LogP contribution in [0.1, 0.15) is 0 Å². The number of allylic oxidation sites excluding steroid dienone is 5. The lowest BCUT2D eigenvalue weighted by molar-refractivity contribution is 1.05. The molecular formula is C12H14ClN5. The fraction of sp³-hybridized carbons (Fsp3) is 0.0833. The second-order valence-corrected chi connectivity index (χ2v) is 3.42. The van der Waals surface area contributed by atoms with E-state index in [1.54, 1.807) is 31.4 Å². The molecule has 94 valence electrons. The third-order valence-corrected chi connectivity index (χ3v) is 1.97. The summed E-state index contributed by atoms with van der Waals surface area (Å²) >= 11 is 5.78. The van der Waals surface area contributed by atoms with Gasteiger partial charge in [-0.2, -0.15) is 15.0 Å². The van der Waals surface area contributed by atoms with Crippen LogP contribution in [0.5, 0.6) is 0 Å². The lowest BCUT2D eigenvalue weighted by Crippen LogP contribution is -2.06. The quantitative estimate of drug-likeness (QED) is 0.773. The van der Waals surface area contributed by atoms with E-state index in [2.05, 4.69) is 38.7 Å². The maximum atomic E-state index is 5.78. The molecule has 0 aliphatic heterocycles. The summed E-state index contributed by atoms with van der Waals surface area (Å²) in [6.07, 6.45) is 8.68. The summed E-state index contributed by atoms with van der Waals surface area (Å²) in [6.45, 7) is 7.24. The van der Waals surface area contributed by atoms with Crippen molar-refractivity contribution in [1.82, 2.24) is 15.0 Å². The van der Waals surface area contributed by atoms with E-state index in [9.17, 15) is 0 Å². The van der Waals surface area contributed by atoms with Gasteiger partial charge in [0.05, 0.1) is 0 Å². The topological polar surface area (TPSA) is 62.7 Å². The average Bonchev–Trinajstić information content (AvgIpc) is 2.35. The largest absolute Gasteiger partial charge is 0.357 e. The van der Waals surface area contributed by atoms with Gasteiger partial charge < -0.3 is 10.6 Å². The highest BCUT2D eigenvalue weighted by molar-refractivity contribution is 6.28. The van der Waals surface area contributed by atoms with Crippen LogP contribution in [-0.4, -0.2) is 22.0 Å². The molecule has 0 saturated heterocycles. The van der Waals surface area contributed by atoms with Crippen molar-refractivity contribution in [3.8, 4) is 0 Å². The van der Waals surface area contributed by atoms with Gasteiger partial charge in [0.2, 0.25) is 17.2 Å². The van der Waals surface area contributed by atoms with Gasteiger partial charge in [-0.15, -0.1) is 0 Å². The van der Waals surface area contributed by atoms with E-state index in [1.807, 2.05) is 6.08 Å². The van der Waals surface area contributed by atoms with E-state index in [1.165, 1.54) is 0 Å². The first-order valence-electron chi connectivity index (χ1n) is 5.17. The molecule has 0 aromatic carbocycles. The minimum Gasteiger partial charge on any atom is -0.357 e. The van der Waals surface area contributed by atoms with Crippen LogP contribution in [-0.2, 0) is 0 Å². The Bertz CT molecular complexity index is 493. The Kier molecular flexibility index (Phi) is 5.60. The van der Waals surface area contributed by atoms with Crippen molar-refractivity contribution in [2.75, 3.05) is 17.7 Å². The standard InChI is InChI=1S/C12H14ClN5/c1-4-6-8-9(7-5-2)15-12-17-10(13)16-11(14-3)18-12/h4-8H,1-2H2,3H3,(H2,14,15,16,17,18)/b8-6-,9-7+. The monoisotopic (exact) mass is 263 g/mol. The molecule has 18 heavy (non-hydrogen) atoms. The normalized spacial score (nSPS) is 11.3. The summed E-state index contributed by atoms with van der Waals surface area (Å²) in [6, 6.07) is 0. The summed E-state index contributed by atoms with van der Waals surface area (Å²) < 4.78 is 0. The molecule has 1 aromatic heterocycles. The fourth-order valence-corrected chi connectivity index (χ4v) is 1.24. The molecule has 0 radical (unpaired) electrons. The molecular weight excluding hydrogens is 250 g/mol.